The van der Waals surface area contributed by atoms with Crippen LogP contribution in [0.1, 0.15) is 15.7 Å². The van der Waals surface area contributed by atoms with Gasteiger partial charge in [-0.1, -0.05) is 54.1 Å². The lowest BCUT2D eigenvalue weighted by molar-refractivity contribution is 0.0962. The predicted molar refractivity (Wildman–Crippen MR) is 103 cm³/mol. The van der Waals surface area contributed by atoms with Gasteiger partial charge in [0.1, 0.15) is 12.7 Å². The van der Waals surface area contributed by atoms with E-state index in [1.807, 2.05) is 36.4 Å². The van der Waals surface area contributed by atoms with Crippen molar-refractivity contribution in [2.24, 2.45) is 0 Å². The number of thioether (sulfide) groups is 1. The highest BCUT2D eigenvalue weighted by Gasteiger charge is 2.26. The van der Waals surface area contributed by atoms with Crippen molar-refractivity contribution in [1.82, 2.24) is 29.9 Å². The number of carbonyl (C=O) groups is 1. The van der Waals surface area contributed by atoms with E-state index < -0.39 is 5.37 Å². The molecular weight excluding hydrogens is 384 g/mol. The number of aromatic nitrogens is 6. The number of hydrogen-bond donors (Lipinski definition) is 1. The van der Waals surface area contributed by atoms with Crippen LogP contribution in [0, 0.1) is 0 Å². The number of ketones is 1. The lowest BCUT2D eigenvalue weighted by atomic mass is 10.1. The molecule has 0 spiro atoms. The van der Waals surface area contributed by atoms with Crippen LogP contribution in [0.3, 0.4) is 0 Å². The summed E-state index contributed by atoms with van der Waals surface area (Å²) in [6, 6.07) is 16.4. The first-order valence-corrected chi connectivity index (χ1v) is 9.25. The zero-order chi connectivity index (χ0) is 18.6. The molecule has 9 heteroatoms. The highest BCUT2D eigenvalue weighted by Crippen LogP contribution is 2.33. The van der Waals surface area contributed by atoms with Crippen LogP contribution < -0.4 is 0 Å². The summed E-state index contributed by atoms with van der Waals surface area (Å²) in [5.74, 6) is 0.419. The summed E-state index contributed by atoms with van der Waals surface area (Å²) in [5.41, 5.74) is 1.32. The molecule has 2 aromatic carbocycles. The molecule has 27 heavy (non-hydrogen) atoms. The Hall–Kier alpha value is -2.97. The zero-order valence-electron chi connectivity index (χ0n) is 13.9. The molecule has 1 atom stereocenters. The third kappa shape index (κ3) is 3.76. The van der Waals surface area contributed by atoms with E-state index in [1.54, 1.807) is 18.2 Å². The Bertz CT molecular complexity index is 1050. The molecule has 2 aromatic heterocycles. The number of rotatable bonds is 6. The first-order chi connectivity index (χ1) is 13.2. The quantitative estimate of drug-likeness (QED) is 0.393. The summed E-state index contributed by atoms with van der Waals surface area (Å²) in [4.78, 5) is 21.4. The number of carbonyl (C=O) groups excluding carboxylic acids is 1. The van der Waals surface area contributed by atoms with E-state index in [4.69, 9.17) is 11.6 Å². The van der Waals surface area contributed by atoms with Crippen LogP contribution >= 0.6 is 23.4 Å². The number of Topliss-reactive ketones (excluding diaryl/α,β-unsaturated/α-hetero) is 1. The topological polar surface area (TPSA) is 89.4 Å². The van der Waals surface area contributed by atoms with Gasteiger partial charge < -0.3 is 0 Å². The number of benzene rings is 2. The molecule has 4 aromatic rings. The van der Waals surface area contributed by atoms with Crippen LogP contribution in [0.25, 0.3) is 11.4 Å². The van der Waals surface area contributed by atoms with Gasteiger partial charge in [0.05, 0.1) is 5.02 Å². The van der Waals surface area contributed by atoms with Crippen molar-refractivity contribution in [2.45, 2.75) is 10.5 Å². The monoisotopic (exact) mass is 396 g/mol. The smallest absolute Gasteiger partial charge is 0.211 e. The zero-order valence-corrected chi connectivity index (χ0v) is 15.4. The third-order valence-corrected chi connectivity index (χ3v) is 5.15. The van der Waals surface area contributed by atoms with Crippen LogP contribution in [-0.4, -0.2) is 35.7 Å². The Balaban J connectivity index is 1.63. The van der Waals surface area contributed by atoms with E-state index in [0.717, 1.165) is 5.56 Å². The Morgan fingerprint density at radius 1 is 1.11 bits per heavy atom. The van der Waals surface area contributed by atoms with E-state index >= 15 is 0 Å². The van der Waals surface area contributed by atoms with Gasteiger partial charge in [0.2, 0.25) is 5.16 Å². The lowest BCUT2D eigenvalue weighted by Crippen LogP contribution is -2.17. The maximum Gasteiger partial charge on any atom is 0.211 e. The van der Waals surface area contributed by atoms with E-state index in [0.29, 0.717) is 21.6 Å². The number of halogens is 1. The summed E-state index contributed by atoms with van der Waals surface area (Å²) >= 11 is 7.40. The number of hydrogen-bond acceptors (Lipinski definition) is 6. The van der Waals surface area contributed by atoms with Gasteiger partial charge in [-0.3, -0.25) is 9.89 Å². The fourth-order valence-electron chi connectivity index (χ4n) is 2.48. The molecule has 0 amide bonds. The Kier molecular flexibility index (Phi) is 4.99. The standard InChI is InChI=1S/C18H13ClN6OS/c19-14-9-5-4-8-13(14)16-22-18(24-23-16)27-17(25-11-20-10-21-25)15(26)12-6-2-1-3-7-12/h1-11,17H,(H,22,23,24). The average molecular weight is 397 g/mol. The molecule has 0 aliphatic carbocycles. The van der Waals surface area contributed by atoms with Gasteiger partial charge >= 0.3 is 0 Å². The average Bonchev–Trinajstić information content (AvgIpc) is 3.39. The molecule has 1 N–H and O–H groups in total. The second-order valence-corrected chi connectivity index (χ2v) is 6.98. The van der Waals surface area contributed by atoms with Crippen LogP contribution in [0.4, 0.5) is 0 Å². The number of nitrogens with one attached hydrogen (secondary N) is 1. The summed E-state index contributed by atoms with van der Waals surface area (Å²) < 4.78 is 1.49. The normalized spacial score (nSPS) is 12.0. The minimum absolute atomic E-state index is 0.116. The minimum Gasteiger partial charge on any atom is -0.291 e. The molecular formula is C18H13ClN6OS. The molecule has 0 aliphatic rings. The Morgan fingerprint density at radius 3 is 2.63 bits per heavy atom. The summed E-state index contributed by atoms with van der Waals surface area (Å²) in [6.45, 7) is 0. The largest absolute Gasteiger partial charge is 0.291 e. The second kappa shape index (κ2) is 7.73. The van der Waals surface area contributed by atoms with E-state index in [2.05, 4.69) is 25.3 Å². The number of aromatic amines is 1. The highest BCUT2D eigenvalue weighted by atomic mass is 35.5. The van der Waals surface area contributed by atoms with Gasteiger partial charge in [-0.2, -0.15) is 5.10 Å². The molecule has 2 heterocycles. The van der Waals surface area contributed by atoms with Gasteiger partial charge in [-0.15, -0.1) is 5.10 Å². The van der Waals surface area contributed by atoms with Crippen LogP contribution in [-0.2, 0) is 0 Å². The van der Waals surface area contributed by atoms with Gasteiger partial charge in [-0.25, -0.2) is 14.6 Å². The number of nitrogens with zero attached hydrogens (tertiary/aromatic N) is 5. The van der Waals surface area contributed by atoms with Gasteiger partial charge in [0.25, 0.3) is 0 Å². The van der Waals surface area contributed by atoms with Crippen molar-refractivity contribution in [2.75, 3.05) is 0 Å². The summed E-state index contributed by atoms with van der Waals surface area (Å²) in [5, 5.41) is 11.5. The molecule has 1 unspecified atom stereocenters. The fraction of sp³-hybridized carbons (Fsp3) is 0.0556. The predicted octanol–water partition coefficient (Wildman–Crippen LogP) is 3.89. The van der Waals surface area contributed by atoms with Gasteiger partial charge in [0.15, 0.2) is 17.0 Å². The van der Waals surface area contributed by atoms with Crippen molar-refractivity contribution in [3.8, 4) is 11.4 Å². The highest BCUT2D eigenvalue weighted by molar-refractivity contribution is 7.99. The maximum absolute atomic E-state index is 13.0. The lowest BCUT2D eigenvalue weighted by Gasteiger charge is -2.13. The van der Waals surface area contributed by atoms with Crippen molar-refractivity contribution in [3.63, 3.8) is 0 Å². The Morgan fingerprint density at radius 2 is 1.89 bits per heavy atom. The molecule has 0 fully saturated rings. The Labute approximate surface area is 163 Å². The van der Waals surface area contributed by atoms with Crippen LogP contribution in [0.5, 0.6) is 0 Å². The molecule has 0 bridgehead atoms. The SMILES string of the molecule is O=C(c1ccccc1)C(Sc1n[nH]c(-c2ccccc2Cl)n1)n1cncn1. The van der Waals surface area contributed by atoms with Gasteiger partial charge in [0, 0.05) is 11.1 Å². The fourth-order valence-corrected chi connectivity index (χ4v) is 3.61. The molecule has 0 saturated carbocycles. The third-order valence-electron chi connectivity index (χ3n) is 3.77. The van der Waals surface area contributed by atoms with Crippen LogP contribution in [0.2, 0.25) is 5.02 Å². The first-order valence-electron chi connectivity index (χ1n) is 8.00. The van der Waals surface area contributed by atoms with E-state index in [9.17, 15) is 4.79 Å². The van der Waals surface area contributed by atoms with Crippen LogP contribution in [0.15, 0.2) is 72.4 Å². The molecule has 4 rings (SSSR count). The molecule has 0 radical (unpaired) electrons. The minimum atomic E-state index is -0.676. The van der Waals surface area contributed by atoms with Crippen molar-refractivity contribution >= 4 is 29.1 Å². The summed E-state index contributed by atoms with van der Waals surface area (Å²) in [7, 11) is 0. The second-order valence-electron chi connectivity index (χ2n) is 5.52. The van der Waals surface area contributed by atoms with Crippen molar-refractivity contribution in [3.05, 3.63) is 77.8 Å². The first kappa shape index (κ1) is 17.4. The van der Waals surface area contributed by atoms with Gasteiger partial charge in [-0.05, 0) is 23.9 Å². The maximum atomic E-state index is 13.0. The molecule has 7 nitrogen and oxygen atoms in total. The van der Waals surface area contributed by atoms with E-state index in [-0.39, 0.29) is 5.78 Å². The molecule has 0 saturated heterocycles. The summed E-state index contributed by atoms with van der Waals surface area (Å²) in [6.07, 6.45) is 2.89. The van der Waals surface area contributed by atoms with Crippen molar-refractivity contribution < 1.29 is 4.79 Å². The molecule has 0 aliphatic heterocycles. The molecule has 134 valence electrons. The van der Waals surface area contributed by atoms with E-state index in [1.165, 1.54) is 29.1 Å². The van der Waals surface area contributed by atoms with Crippen molar-refractivity contribution in [1.29, 1.82) is 0 Å². The number of H-pyrrole nitrogens is 1.